The second-order valence-electron chi connectivity index (χ2n) is 3.64. The molecule has 0 aliphatic rings. The van der Waals surface area contributed by atoms with Crippen LogP contribution in [0.1, 0.15) is 12.6 Å². The van der Waals surface area contributed by atoms with E-state index in [1.807, 2.05) is 6.92 Å². The smallest absolute Gasteiger partial charge is 0.305 e. The van der Waals surface area contributed by atoms with Gasteiger partial charge in [-0.3, -0.25) is 14.8 Å². The second kappa shape index (κ2) is 5.14. The summed E-state index contributed by atoms with van der Waals surface area (Å²) >= 11 is 0. The Hall–Kier alpha value is -2.95. The van der Waals surface area contributed by atoms with Gasteiger partial charge in [0, 0.05) is 18.8 Å². The molecule has 2 aromatic rings. The van der Waals surface area contributed by atoms with Crippen LogP contribution in [-0.2, 0) is 6.54 Å². The van der Waals surface area contributed by atoms with E-state index >= 15 is 0 Å². The number of aryl methyl sites for hydroxylation is 1. The molecule has 0 saturated heterocycles. The van der Waals surface area contributed by atoms with Crippen LogP contribution in [0.3, 0.4) is 0 Å². The van der Waals surface area contributed by atoms with Gasteiger partial charge in [-0.1, -0.05) is 0 Å². The molecule has 0 aliphatic carbocycles. The van der Waals surface area contributed by atoms with Crippen LogP contribution < -0.4 is 5.32 Å². The van der Waals surface area contributed by atoms with Crippen molar-refractivity contribution in [1.29, 1.82) is 5.26 Å². The van der Waals surface area contributed by atoms with Crippen molar-refractivity contribution in [3.05, 3.63) is 40.3 Å². The van der Waals surface area contributed by atoms with Gasteiger partial charge in [-0.25, -0.2) is 4.98 Å². The molecule has 0 bridgehead atoms. The molecular weight excluding hydrogens is 248 g/mol. The van der Waals surface area contributed by atoms with Crippen LogP contribution in [0.5, 0.6) is 0 Å². The normalized spacial score (nSPS) is 9.89. The number of aromatic nitrogens is 3. The van der Waals surface area contributed by atoms with Gasteiger partial charge in [0.1, 0.15) is 11.9 Å². The number of nitro groups is 1. The van der Waals surface area contributed by atoms with Crippen molar-refractivity contribution in [3.8, 4) is 6.07 Å². The van der Waals surface area contributed by atoms with Crippen molar-refractivity contribution in [3.63, 3.8) is 0 Å². The quantitative estimate of drug-likeness (QED) is 0.661. The molecule has 0 amide bonds. The zero-order valence-electron chi connectivity index (χ0n) is 10.1. The summed E-state index contributed by atoms with van der Waals surface area (Å²) in [6, 6.07) is 4.40. The predicted octanol–water partition coefficient (Wildman–Crippen LogP) is 1.82. The van der Waals surface area contributed by atoms with Gasteiger partial charge in [0.15, 0.2) is 0 Å². The fourth-order valence-electron chi connectivity index (χ4n) is 1.50. The Morgan fingerprint density at radius 1 is 1.58 bits per heavy atom. The first-order chi connectivity index (χ1) is 9.13. The van der Waals surface area contributed by atoms with Crippen LogP contribution in [0.2, 0.25) is 0 Å². The summed E-state index contributed by atoms with van der Waals surface area (Å²) in [5.41, 5.74) is 0.169. The summed E-state index contributed by atoms with van der Waals surface area (Å²) in [5.74, 6) is 0.359. The molecule has 0 aliphatic heterocycles. The number of nitriles is 1. The molecule has 2 rings (SSSR count). The van der Waals surface area contributed by atoms with Crippen molar-refractivity contribution in [2.24, 2.45) is 0 Å². The molecule has 0 spiro atoms. The third-order valence-electron chi connectivity index (χ3n) is 2.41. The zero-order valence-corrected chi connectivity index (χ0v) is 10.1. The topological polar surface area (TPSA) is 110 Å². The second-order valence-corrected chi connectivity index (χ2v) is 3.64. The molecule has 0 fully saturated rings. The highest BCUT2D eigenvalue weighted by atomic mass is 16.6. The number of nitrogens with zero attached hydrogens (tertiary/aromatic N) is 5. The molecule has 96 valence electrons. The van der Waals surface area contributed by atoms with Crippen molar-refractivity contribution < 1.29 is 4.92 Å². The highest BCUT2D eigenvalue weighted by Crippen LogP contribution is 2.20. The van der Waals surface area contributed by atoms with E-state index in [4.69, 9.17) is 5.26 Å². The van der Waals surface area contributed by atoms with Gasteiger partial charge in [-0.05, 0) is 13.0 Å². The first-order valence-electron chi connectivity index (χ1n) is 5.49. The largest absolute Gasteiger partial charge is 0.338 e. The van der Waals surface area contributed by atoms with E-state index < -0.39 is 4.92 Å². The number of nitrogens with one attached hydrogen (secondary N) is 1. The van der Waals surface area contributed by atoms with Gasteiger partial charge < -0.3 is 5.32 Å². The van der Waals surface area contributed by atoms with Crippen LogP contribution in [0.4, 0.5) is 17.2 Å². The molecule has 8 nitrogen and oxygen atoms in total. The standard InChI is InChI=1S/C11H10N6O2/c1-2-16-7-8(6-13-16)14-11-4-3-10(17(18)19)9(5-12)15-11/h3-4,6-7H,2H2,1H3,(H,14,15). The Balaban J connectivity index is 2.27. The van der Waals surface area contributed by atoms with E-state index in [1.54, 1.807) is 23.1 Å². The molecule has 2 aromatic heterocycles. The summed E-state index contributed by atoms with van der Waals surface area (Å²) in [6.07, 6.45) is 3.38. The maximum atomic E-state index is 10.7. The highest BCUT2D eigenvalue weighted by molar-refractivity contribution is 5.58. The lowest BCUT2D eigenvalue weighted by Gasteiger charge is -2.02. The molecular formula is C11H10N6O2. The van der Waals surface area contributed by atoms with Gasteiger partial charge in [-0.2, -0.15) is 10.4 Å². The molecule has 2 heterocycles. The summed E-state index contributed by atoms with van der Waals surface area (Å²) < 4.78 is 1.72. The van der Waals surface area contributed by atoms with E-state index in [0.717, 1.165) is 6.54 Å². The Morgan fingerprint density at radius 2 is 2.37 bits per heavy atom. The van der Waals surface area contributed by atoms with E-state index in [9.17, 15) is 10.1 Å². The van der Waals surface area contributed by atoms with Crippen LogP contribution in [0, 0.1) is 21.4 Å². The fraction of sp³-hybridized carbons (Fsp3) is 0.182. The third-order valence-corrected chi connectivity index (χ3v) is 2.41. The van der Waals surface area contributed by atoms with Crippen molar-refractivity contribution >= 4 is 17.2 Å². The van der Waals surface area contributed by atoms with Crippen molar-refractivity contribution in [2.45, 2.75) is 13.5 Å². The minimum absolute atomic E-state index is 0.224. The van der Waals surface area contributed by atoms with Crippen molar-refractivity contribution in [1.82, 2.24) is 14.8 Å². The van der Waals surface area contributed by atoms with Crippen LogP contribution in [0.25, 0.3) is 0 Å². The highest BCUT2D eigenvalue weighted by Gasteiger charge is 2.15. The maximum absolute atomic E-state index is 10.7. The Labute approximate surface area is 108 Å². The summed E-state index contributed by atoms with van der Waals surface area (Å²) in [4.78, 5) is 13.9. The van der Waals surface area contributed by atoms with Gasteiger partial charge in [0.05, 0.1) is 16.8 Å². The van der Waals surface area contributed by atoms with Gasteiger partial charge >= 0.3 is 5.69 Å². The molecule has 8 heteroatoms. The minimum atomic E-state index is -0.634. The van der Waals surface area contributed by atoms with Crippen molar-refractivity contribution in [2.75, 3.05) is 5.32 Å². The van der Waals surface area contributed by atoms with E-state index in [2.05, 4.69) is 15.4 Å². The monoisotopic (exact) mass is 258 g/mol. The lowest BCUT2D eigenvalue weighted by molar-refractivity contribution is -0.385. The number of rotatable bonds is 4. The van der Waals surface area contributed by atoms with Gasteiger partial charge in [0.2, 0.25) is 5.69 Å². The number of hydrogen-bond acceptors (Lipinski definition) is 6. The number of pyridine rings is 1. The molecule has 0 atom stereocenters. The Bertz CT molecular complexity index is 657. The average Bonchev–Trinajstić information content (AvgIpc) is 2.86. The molecule has 0 radical (unpaired) electrons. The van der Waals surface area contributed by atoms with Crippen LogP contribution in [0.15, 0.2) is 24.5 Å². The third kappa shape index (κ3) is 2.66. The number of hydrogen-bond donors (Lipinski definition) is 1. The maximum Gasteiger partial charge on any atom is 0.305 e. The molecule has 1 N–H and O–H groups in total. The lowest BCUT2D eigenvalue weighted by Crippen LogP contribution is -1.99. The zero-order chi connectivity index (χ0) is 13.8. The molecule has 0 aromatic carbocycles. The first kappa shape index (κ1) is 12.5. The average molecular weight is 258 g/mol. The first-order valence-corrected chi connectivity index (χ1v) is 5.49. The van der Waals surface area contributed by atoms with Crippen LogP contribution in [-0.4, -0.2) is 19.7 Å². The minimum Gasteiger partial charge on any atom is -0.338 e. The fourth-order valence-corrected chi connectivity index (χ4v) is 1.50. The Kier molecular flexibility index (Phi) is 3.38. The van der Waals surface area contributed by atoms with E-state index in [1.165, 1.54) is 12.1 Å². The molecule has 0 unspecified atom stereocenters. The van der Waals surface area contributed by atoms with Crippen LogP contribution >= 0.6 is 0 Å². The van der Waals surface area contributed by atoms with Gasteiger partial charge in [0.25, 0.3) is 0 Å². The van der Waals surface area contributed by atoms with Gasteiger partial charge in [-0.15, -0.1) is 0 Å². The number of anilines is 2. The lowest BCUT2D eigenvalue weighted by atomic mass is 10.3. The molecule has 19 heavy (non-hydrogen) atoms. The summed E-state index contributed by atoms with van der Waals surface area (Å²) in [6.45, 7) is 2.69. The summed E-state index contributed by atoms with van der Waals surface area (Å²) in [5, 5.41) is 26.5. The SMILES string of the molecule is CCn1cc(Nc2ccc([N+](=O)[O-])c(C#N)n2)cn1. The van der Waals surface area contributed by atoms with E-state index in [-0.39, 0.29) is 11.4 Å². The van der Waals surface area contributed by atoms with E-state index in [0.29, 0.717) is 11.5 Å². The molecule has 0 saturated carbocycles. The predicted molar refractivity (Wildman–Crippen MR) is 66.8 cm³/mol. The Morgan fingerprint density at radius 3 is 2.95 bits per heavy atom. The summed E-state index contributed by atoms with van der Waals surface area (Å²) in [7, 11) is 0.